The molecule has 0 unspecified atom stereocenters. The quantitative estimate of drug-likeness (QED) is 0.137. The van der Waals surface area contributed by atoms with E-state index in [-0.39, 0.29) is 31.5 Å². The minimum Gasteiger partial charge on any atom is -0.339 e. The van der Waals surface area contributed by atoms with E-state index in [1.807, 2.05) is 0 Å². The molecule has 0 radical (unpaired) electrons. The third kappa shape index (κ3) is 9.44. The van der Waals surface area contributed by atoms with Gasteiger partial charge in [0.05, 0.1) is 25.7 Å². The molecule has 0 amide bonds. The maximum absolute atomic E-state index is 12.9. The van der Waals surface area contributed by atoms with Gasteiger partial charge in [-0.1, -0.05) is 111 Å². The van der Waals surface area contributed by atoms with Crippen LogP contribution in [-0.4, -0.2) is 24.7 Å². The highest BCUT2D eigenvalue weighted by Crippen LogP contribution is 2.32. The number of aromatic amines is 1. The third-order valence-electron chi connectivity index (χ3n) is 6.27. The molecule has 0 saturated carbocycles. The molecule has 0 aliphatic heterocycles. The Hall–Kier alpha value is -1.68. The zero-order chi connectivity index (χ0) is 28.4. The lowest BCUT2D eigenvalue weighted by Gasteiger charge is -2.11. The summed E-state index contributed by atoms with van der Waals surface area (Å²) in [7, 11) is -3.74. The zero-order valence-electron chi connectivity index (χ0n) is 21.8. The molecule has 0 aliphatic rings. The second-order valence-electron chi connectivity index (χ2n) is 9.41. The Morgan fingerprint density at radius 3 is 2.00 bits per heavy atom. The molecule has 0 aliphatic carbocycles. The van der Waals surface area contributed by atoms with Gasteiger partial charge in [0, 0.05) is 17.6 Å². The number of sulfonamides is 1. The molecule has 2 aromatic carbocycles. The molecule has 3 aromatic rings. The van der Waals surface area contributed by atoms with Crippen LogP contribution in [0, 0.1) is 0 Å². The highest BCUT2D eigenvalue weighted by atomic mass is 35.5. The number of anilines is 2. The Morgan fingerprint density at radius 1 is 0.795 bits per heavy atom. The van der Waals surface area contributed by atoms with Crippen molar-refractivity contribution in [1.29, 1.82) is 0 Å². The van der Waals surface area contributed by atoms with E-state index in [0.29, 0.717) is 17.3 Å². The Morgan fingerprint density at radius 2 is 1.38 bits per heavy atom. The summed E-state index contributed by atoms with van der Waals surface area (Å²) in [5.41, 5.74) is 0.0984. The van der Waals surface area contributed by atoms with Crippen LogP contribution in [0.5, 0.6) is 0 Å². The zero-order valence-corrected chi connectivity index (χ0v) is 25.7. The maximum Gasteiger partial charge on any atom is 0.273 e. The molecule has 1 aromatic heterocycles. The Balaban J connectivity index is 1.57. The van der Waals surface area contributed by atoms with Crippen molar-refractivity contribution >= 4 is 67.9 Å². The number of hydrogen-bond acceptors (Lipinski definition) is 4. The van der Waals surface area contributed by atoms with Crippen LogP contribution in [0.4, 0.5) is 11.5 Å². The van der Waals surface area contributed by atoms with Gasteiger partial charge in [-0.25, -0.2) is 17.8 Å². The van der Waals surface area contributed by atoms with E-state index in [9.17, 15) is 13.2 Å². The van der Waals surface area contributed by atoms with Crippen molar-refractivity contribution in [3.63, 3.8) is 0 Å². The molecule has 214 valence electrons. The van der Waals surface area contributed by atoms with E-state index in [4.69, 9.17) is 46.4 Å². The van der Waals surface area contributed by atoms with Crippen molar-refractivity contribution in [1.82, 2.24) is 14.5 Å². The summed E-state index contributed by atoms with van der Waals surface area (Å²) in [5, 5.41) is 6.81. The van der Waals surface area contributed by atoms with E-state index >= 15 is 0 Å². The molecule has 0 atom stereocenters. The van der Waals surface area contributed by atoms with Crippen molar-refractivity contribution < 1.29 is 8.42 Å². The molecule has 3 rings (SSSR count). The highest BCUT2D eigenvalue weighted by Gasteiger charge is 2.17. The number of hydrogen-bond donors (Lipinski definition) is 3. The van der Waals surface area contributed by atoms with Gasteiger partial charge >= 0.3 is 0 Å². The number of H-pyrrole nitrogens is 1. The molecule has 0 saturated heterocycles. The molecule has 39 heavy (non-hydrogen) atoms. The van der Waals surface area contributed by atoms with E-state index in [0.717, 1.165) is 23.9 Å². The number of unbranched alkanes of at least 4 members (excludes halogenated alkanes) is 9. The maximum atomic E-state index is 12.9. The van der Waals surface area contributed by atoms with E-state index in [1.165, 1.54) is 81.3 Å². The lowest BCUT2D eigenvalue weighted by Crippen LogP contribution is -2.24. The molecule has 0 spiro atoms. The van der Waals surface area contributed by atoms with Gasteiger partial charge in [0.2, 0.25) is 10.0 Å². The summed E-state index contributed by atoms with van der Waals surface area (Å²) in [5.74, 6) is 0.261. The molecule has 0 bridgehead atoms. The Kier molecular flexibility index (Phi) is 12.5. The number of aromatic nitrogens is 2. The molecular weight excluding hydrogens is 602 g/mol. The fourth-order valence-corrected chi connectivity index (χ4v) is 6.44. The Labute approximate surface area is 250 Å². The average Bonchev–Trinajstić information content (AvgIpc) is 3.22. The van der Waals surface area contributed by atoms with Crippen LogP contribution < -0.4 is 15.6 Å². The first-order valence-electron chi connectivity index (χ1n) is 13.2. The summed E-state index contributed by atoms with van der Waals surface area (Å²) in [6, 6.07) is 8.57. The average molecular weight is 636 g/mol. The monoisotopic (exact) mass is 634 g/mol. The van der Waals surface area contributed by atoms with Crippen LogP contribution in [0.2, 0.25) is 20.1 Å². The van der Waals surface area contributed by atoms with Crippen LogP contribution in [0.15, 0.2) is 46.1 Å². The normalized spacial score (nSPS) is 11.7. The molecule has 7 nitrogen and oxygen atoms in total. The SMILES string of the molecule is CCCCCCCCCCCCNS(=O)(=O)c1ccc(Cl)c(Nc2cc(=O)n(-c3c(Cl)cc(Cl)cc3Cl)[nH]2)c1. The van der Waals surface area contributed by atoms with Gasteiger partial charge in [0.25, 0.3) is 5.56 Å². The molecule has 1 heterocycles. The Bertz CT molecular complexity index is 1380. The first-order chi connectivity index (χ1) is 18.6. The highest BCUT2D eigenvalue weighted by molar-refractivity contribution is 7.89. The first-order valence-corrected chi connectivity index (χ1v) is 16.1. The van der Waals surface area contributed by atoms with Gasteiger partial charge in [0.1, 0.15) is 11.5 Å². The van der Waals surface area contributed by atoms with E-state index < -0.39 is 15.6 Å². The summed E-state index contributed by atoms with van der Waals surface area (Å²) < 4.78 is 29.6. The van der Waals surface area contributed by atoms with Crippen molar-refractivity contribution in [2.75, 3.05) is 11.9 Å². The van der Waals surface area contributed by atoms with Crippen LogP contribution in [0.25, 0.3) is 5.69 Å². The molecule has 0 fully saturated rings. The lowest BCUT2D eigenvalue weighted by molar-refractivity contribution is 0.549. The predicted octanol–water partition coefficient (Wildman–Crippen LogP) is 8.72. The number of nitrogens with one attached hydrogen (secondary N) is 3. The van der Waals surface area contributed by atoms with Crippen molar-refractivity contribution in [3.8, 4) is 5.69 Å². The van der Waals surface area contributed by atoms with Crippen LogP contribution in [0.3, 0.4) is 0 Å². The second kappa shape index (κ2) is 15.4. The lowest BCUT2D eigenvalue weighted by atomic mass is 10.1. The van der Waals surface area contributed by atoms with Gasteiger partial charge in [-0.2, -0.15) is 0 Å². The van der Waals surface area contributed by atoms with E-state index in [2.05, 4.69) is 22.1 Å². The largest absolute Gasteiger partial charge is 0.339 e. The first kappa shape index (κ1) is 31.8. The summed E-state index contributed by atoms with van der Waals surface area (Å²) in [6.45, 7) is 2.58. The van der Waals surface area contributed by atoms with Crippen molar-refractivity contribution in [3.05, 3.63) is 66.8 Å². The van der Waals surface area contributed by atoms with Crippen molar-refractivity contribution in [2.24, 2.45) is 0 Å². The fraction of sp³-hybridized carbons (Fsp3) is 0.444. The standard InChI is InChI=1S/C27H34Cl4N4O3S/c1-2-3-4-5-6-7-8-9-10-11-14-32-39(37,38)20-12-13-21(29)24(17-20)33-25-18-26(36)35(34-25)27-22(30)15-19(28)16-23(27)31/h12-13,15-18,32-34H,2-11,14H2,1H3. The van der Waals surface area contributed by atoms with Gasteiger partial charge in [-0.05, 0) is 36.8 Å². The predicted molar refractivity (Wildman–Crippen MR) is 163 cm³/mol. The van der Waals surface area contributed by atoms with Gasteiger partial charge < -0.3 is 5.32 Å². The minimum atomic E-state index is -3.74. The van der Waals surface area contributed by atoms with Gasteiger partial charge in [-0.3, -0.25) is 9.89 Å². The van der Waals surface area contributed by atoms with Gasteiger partial charge in [-0.15, -0.1) is 0 Å². The number of rotatable bonds is 16. The smallest absolute Gasteiger partial charge is 0.273 e. The molecular formula is C27H34Cl4N4O3S. The number of benzene rings is 2. The van der Waals surface area contributed by atoms with E-state index in [1.54, 1.807) is 0 Å². The van der Waals surface area contributed by atoms with Crippen molar-refractivity contribution in [2.45, 2.75) is 76.0 Å². The van der Waals surface area contributed by atoms with Crippen LogP contribution in [-0.2, 0) is 10.0 Å². The fourth-order valence-electron chi connectivity index (χ4n) is 4.19. The number of nitrogens with zero attached hydrogens (tertiary/aromatic N) is 1. The van der Waals surface area contributed by atoms with Crippen LogP contribution in [0.1, 0.15) is 71.1 Å². The number of halogens is 4. The summed E-state index contributed by atoms with van der Waals surface area (Å²) in [6.07, 6.45) is 11.8. The molecule has 12 heteroatoms. The topological polar surface area (TPSA) is 96.0 Å². The molecule has 3 N–H and O–H groups in total. The minimum absolute atomic E-state index is 0.0621. The summed E-state index contributed by atoms with van der Waals surface area (Å²) in [4.78, 5) is 12.7. The third-order valence-corrected chi connectivity index (χ3v) is 8.85. The van der Waals surface area contributed by atoms with Crippen LogP contribution >= 0.6 is 46.4 Å². The summed E-state index contributed by atoms with van der Waals surface area (Å²) >= 11 is 24.8. The second-order valence-corrected chi connectivity index (χ2v) is 12.8. The van der Waals surface area contributed by atoms with Gasteiger partial charge in [0.15, 0.2) is 0 Å².